The van der Waals surface area contributed by atoms with Crippen LogP contribution in [0.1, 0.15) is 26.2 Å². The van der Waals surface area contributed by atoms with Gasteiger partial charge in [-0.15, -0.1) is 0 Å². The summed E-state index contributed by atoms with van der Waals surface area (Å²) in [5, 5.41) is 10.7. The Hall–Kier alpha value is -0.650. The van der Waals surface area contributed by atoms with E-state index < -0.39 is 11.0 Å². The van der Waals surface area contributed by atoms with Crippen LogP contribution >= 0.6 is 0 Å². The van der Waals surface area contributed by atoms with Crippen LogP contribution in [0.4, 0.5) is 0 Å². The Bertz CT molecular complexity index is 277. The van der Waals surface area contributed by atoms with Gasteiger partial charge < -0.3 is 19.3 Å². The molecule has 2 saturated heterocycles. The van der Waals surface area contributed by atoms with Crippen LogP contribution in [0, 0.1) is 5.41 Å². The van der Waals surface area contributed by atoms with Crippen LogP contribution in [-0.2, 0) is 19.0 Å². The smallest absolute Gasteiger partial charge is 0.317 e. The van der Waals surface area contributed by atoms with E-state index in [-0.39, 0.29) is 19.2 Å². The highest BCUT2D eigenvalue weighted by Gasteiger charge is 2.59. The molecule has 0 aromatic heterocycles. The maximum absolute atomic E-state index is 12.2. The van der Waals surface area contributed by atoms with E-state index in [2.05, 4.69) is 0 Å². The highest BCUT2D eigenvalue weighted by atomic mass is 16.5. The minimum Gasteiger partial charge on any atom is -0.465 e. The Morgan fingerprint density at radius 1 is 1.29 bits per heavy atom. The van der Waals surface area contributed by atoms with E-state index in [0.29, 0.717) is 32.7 Å². The largest absolute Gasteiger partial charge is 0.465 e. The Labute approximate surface area is 101 Å². The van der Waals surface area contributed by atoms with Crippen LogP contribution in [0.25, 0.3) is 0 Å². The predicted molar refractivity (Wildman–Crippen MR) is 59.5 cm³/mol. The summed E-state index contributed by atoms with van der Waals surface area (Å²) in [4.78, 5) is 12.2. The van der Waals surface area contributed by atoms with Gasteiger partial charge in [0.2, 0.25) is 0 Å². The lowest BCUT2D eigenvalue weighted by Gasteiger charge is -2.44. The zero-order valence-electron chi connectivity index (χ0n) is 10.2. The third-order valence-corrected chi connectivity index (χ3v) is 3.80. The molecular weight excluding hydrogens is 224 g/mol. The van der Waals surface area contributed by atoms with Gasteiger partial charge in [-0.25, -0.2) is 0 Å². The van der Waals surface area contributed by atoms with Gasteiger partial charge in [-0.1, -0.05) is 0 Å². The third kappa shape index (κ3) is 2.07. The summed E-state index contributed by atoms with van der Waals surface area (Å²) in [6.45, 7) is 3.62. The lowest BCUT2D eigenvalue weighted by molar-refractivity contribution is -0.194. The SMILES string of the molecule is CCOC(=O)C1(C2(O)CCOC2)CCCOC1. The average molecular weight is 244 g/mol. The maximum atomic E-state index is 12.2. The fourth-order valence-electron chi connectivity index (χ4n) is 2.71. The van der Waals surface area contributed by atoms with E-state index in [1.807, 2.05) is 0 Å². The number of ether oxygens (including phenoxy) is 3. The first-order chi connectivity index (χ1) is 8.15. The van der Waals surface area contributed by atoms with Crippen molar-refractivity contribution in [2.45, 2.75) is 31.8 Å². The van der Waals surface area contributed by atoms with Crippen molar-refractivity contribution in [2.24, 2.45) is 5.41 Å². The zero-order chi connectivity index (χ0) is 12.4. The van der Waals surface area contributed by atoms with Gasteiger partial charge >= 0.3 is 5.97 Å². The molecule has 0 bridgehead atoms. The van der Waals surface area contributed by atoms with E-state index in [9.17, 15) is 9.90 Å². The van der Waals surface area contributed by atoms with Gasteiger partial charge in [-0.2, -0.15) is 0 Å². The van der Waals surface area contributed by atoms with Crippen LogP contribution < -0.4 is 0 Å². The second-order valence-corrected chi connectivity index (χ2v) is 4.79. The summed E-state index contributed by atoms with van der Waals surface area (Å²) >= 11 is 0. The number of rotatable bonds is 3. The van der Waals surface area contributed by atoms with Crippen molar-refractivity contribution in [2.75, 3.05) is 33.0 Å². The van der Waals surface area contributed by atoms with E-state index in [1.54, 1.807) is 6.92 Å². The number of esters is 1. The van der Waals surface area contributed by atoms with E-state index in [1.165, 1.54) is 0 Å². The molecule has 0 aromatic rings. The first-order valence-electron chi connectivity index (χ1n) is 6.20. The summed E-state index contributed by atoms with van der Waals surface area (Å²) in [7, 11) is 0. The highest BCUT2D eigenvalue weighted by molar-refractivity contribution is 5.79. The molecule has 1 N–H and O–H groups in total. The molecule has 0 aliphatic carbocycles. The van der Waals surface area contributed by atoms with Crippen LogP contribution in [0.2, 0.25) is 0 Å². The lowest BCUT2D eigenvalue weighted by atomic mass is 9.68. The van der Waals surface area contributed by atoms with Gasteiger partial charge in [0.05, 0.1) is 19.8 Å². The molecular formula is C12H20O5. The van der Waals surface area contributed by atoms with Crippen molar-refractivity contribution in [3.63, 3.8) is 0 Å². The average Bonchev–Trinajstić information content (AvgIpc) is 2.79. The van der Waals surface area contributed by atoms with Crippen molar-refractivity contribution >= 4 is 5.97 Å². The molecule has 5 heteroatoms. The summed E-state index contributed by atoms with van der Waals surface area (Å²) in [6, 6.07) is 0. The molecule has 0 aromatic carbocycles. The topological polar surface area (TPSA) is 65.0 Å². The van der Waals surface area contributed by atoms with E-state index in [0.717, 1.165) is 6.42 Å². The Kier molecular flexibility index (Phi) is 3.70. The van der Waals surface area contributed by atoms with Gasteiger partial charge in [-0.3, -0.25) is 4.79 Å². The summed E-state index contributed by atoms with van der Waals surface area (Å²) in [5.74, 6) is -0.354. The minimum absolute atomic E-state index is 0.190. The number of aliphatic hydroxyl groups is 1. The second kappa shape index (κ2) is 4.92. The van der Waals surface area contributed by atoms with Crippen LogP contribution in [0.15, 0.2) is 0 Å². The standard InChI is InChI=1S/C12H20O5/c1-2-17-10(13)11(4-3-6-15-8-11)12(14)5-7-16-9-12/h14H,2-9H2,1H3. The monoisotopic (exact) mass is 244 g/mol. The molecule has 2 fully saturated rings. The molecule has 2 atom stereocenters. The number of hydrogen-bond acceptors (Lipinski definition) is 5. The molecule has 2 aliphatic rings. The fourth-order valence-corrected chi connectivity index (χ4v) is 2.71. The molecule has 0 radical (unpaired) electrons. The van der Waals surface area contributed by atoms with Crippen molar-refractivity contribution in [3.8, 4) is 0 Å². The molecule has 2 heterocycles. The van der Waals surface area contributed by atoms with Crippen molar-refractivity contribution in [1.29, 1.82) is 0 Å². The van der Waals surface area contributed by atoms with Gasteiger partial charge in [0.1, 0.15) is 11.0 Å². The van der Waals surface area contributed by atoms with Gasteiger partial charge in [-0.05, 0) is 19.8 Å². The first-order valence-corrected chi connectivity index (χ1v) is 6.20. The van der Waals surface area contributed by atoms with E-state index >= 15 is 0 Å². The van der Waals surface area contributed by atoms with Crippen LogP contribution in [0.5, 0.6) is 0 Å². The van der Waals surface area contributed by atoms with Crippen molar-refractivity contribution in [1.82, 2.24) is 0 Å². The Morgan fingerprint density at radius 2 is 2.06 bits per heavy atom. The van der Waals surface area contributed by atoms with Crippen LogP contribution in [0.3, 0.4) is 0 Å². The predicted octanol–water partition coefficient (Wildman–Crippen LogP) is 0.498. The molecule has 5 nitrogen and oxygen atoms in total. The first kappa shape index (κ1) is 12.8. The molecule has 17 heavy (non-hydrogen) atoms. The minimum atomic E-state index is -1.14. The molecule has 2 aliphatic heterocycles. The lowest BCUT2D eigenvalue weighted by Crippen LogP contribution is -2.58. The zero-order valence-corrected chi connectivity index (χ0v) is 10.2. The maximum Gasteiger partial charge on any atom is 0.317 e. The number of carbonyl (C=O) groups is 1. The van der Waals surface area contributed by atoms with Crippen molar-refractivity contribution < 1.29 is 24.1 Å². The van der Waals surface area contributed by atoms with Crippen molar-refractivity contribution in [3.05, 3.63) is 0 Å². The molecule has 0 saturated carbocycles. The Balaban J connectivity index is 2.25. The summed E-state index contributed by atoms with van der Waals surface area (Å²) in [6.07, 6.45) is 1.84. The Morgan fingerprint density at radius 3 is 2.59 bits per heavy atom. The molecule has 98 valence electrons. The fraction of sp³-hybridized carbons (Fsp3) is 0.917. The molecule has 0 amide bonds. The number of carbonyl (C=O) groups excluding carboxylic acids is 1. The summed E-state index contributed by atoms with van der Waals surface area (Å²) < 4.78 is 15.8. The molecule has 0 spiro atoms. The molecule has 2 unspecified atom stereocenters. The van der Waals surface area contributed by atoms with Gasteiger partial charge in [0, 0.05) is 19.6 Å². The number of hydrogen-bond donors (Lipinski definition) is 1. The normalized spacial score (nSPS) is 38.0. The van der Waals surface area contributed by atoms with Crippen LogP contribution in [-0.4, -0.2) is 49.7 Å². The summed E-state index contributed by atoms with van der Waals surface area (Å²) in [5.41, 5.74) is -2.09. The molecule has 2 rings (SSSR count). The van der Waals surface area contributed by atoms with Gasteiger partial charge in [0.15, 0.2) is 0 Å². The highest BCUT2D eigenvalue weighted by Crippen LogP contribution is 2.44. The second-order valence-electron chi connectivity index (χ2n) is 4.79. The van der Waals surface area contributed by atoms with E-state index in [4.69, 9.17) is 14.2 Å². The third-order valence-electron chi connectivity index (χ3n) is 3.80. The quantitative estimate of drug-likeness (QED) is 0.732. The van der Waals surface area contributed by atoms with Gasteiger partial charge in [0.25, 0.3) is 0 Å².